The Morgan fingerprint density at radius 3 is 2.32 bits per heavy atom. The number of sulfonamides is 1. The molecule has 2 aromatic rings. The lowest BCUT2D eigenvalue weighted by Gasteiger charge is -2.34. The number of hydrogen-bond acceptors (Lipinski definition) is 5. The highest BCUT2D eigenvalue weighted by molar-refractivity contribution is 7.89. The molecule has 2 aliphatic rings. The molecule has 1 amide bonds. The minimum atomic E-state index is -3.96. The summed E-state index contributed by atoms with van der Waals surface area (Å²) in [5.74, 6) is -2.73. The van der Waals surface area contributed by atoms with Crippen molar-refractivity contribution in [2.75, 3.05) is 45.9 Å². The van der Waals surface area contributed by atoms with Gasteiger partial charge in [-0.15, -0.1) is 0 Å². The normalized spacial score (nSPS) is 19.6. The summed E-state index contributed by atoms with van der Waals surface area (Å²) < 4.78 is 59.1. The predicted molar refractivity (Wildman–Crippen MR) is 122 cm³/mol. The first-order valence-electron chi connectivity index (χ1n) is 11.5. The average Bonchev–Trinajstić information content (AvgIpc) is 2.86. The maximum atomic E-state index is 13.6. The number of piperidine rings is 1. The molecule has 2 aliphatic heterocycles. The van der Waals surface area contributed by atoms with Crippen LogP contribution in [0.3, 0.4) is 0 Å². The molecule has 2 saturated heterocycles. The van der Waals surface area contributed by atoms with Crippen LogP contribution < -0.4 is 5.32 Å². The molecule has 0 bridgehead atoms. The Balaban J connectivity index is 1.38. The van der Waals surface area contributed by atoms with Crippen LogP contribution in [0.25, 0.3) is 0 Å². The Kier molecular flexibility index (Phi) is 7.92. The molecule has 184 valence electrons. The number of carbonyl (C=O) groups excluding carboxylic acids is 1. The Morgan fingerprint density at radius 2 is 1.68 bits per heavy atom. The molecule has 0 aliphatic carbocycles. The largest absolute Gasteiger partial charge is 0.379 e. The van der Waals surface area contributed by atoms with Gasteiger partial charge in [0.2, 0.25) is 15.9 Å². The number of hydrogen-bond donors (Lipinski definition) is 1. The van der Waals surface area contributed by atoms with Gasteiger partial charge in [0.05, 0.1) is 24.2 Å². The predicted octanol–water partition coefficient (Wildman–Crippen LogP) is 2.56. The van der Waals surface area contributed by atoms with Crippen LogP contribution in [0.5, 0.6) is 0 Å². The average molecular weight is 494 g/mol. The molecule has 0 radical (unpaired) electrons. The number of ether oxygens (including phenoxy) is 1. The van der Waals surface area contributed by atoms with E-state index in [9.17, 15) is 22.0 Å². The van der Waals surface area contributed by atoms with Gasteiger partial charge in [-0.1, -0.05) is 30.3 Å². The lowest BCUT2D eigenvalue weighted by atomic mass is 9.96. The summed E-state index contributed by atoms with van der Waals surface area (Å²) in [5.41, 5.74) is 1.01. The van der Waals surface area contributed by atoms with Crippen LogP contribution in [0.4, 0.5) is 8.78 Å². The van der Waals surface area contributed by atoms with E-state index in [4.69, 9.17) is 4.74 Å². The molecular weight excluding hydrogens is 464 g/mol. The number of nitrogens with one attached hydrogen (secondary N) is 1. The van der Waals surface area contributed by atoms with Crippen molar-refractivity contribution in [1.29, 1.82) is 0 Å². The van der Waals surface area contributed by atoms with Gasteiger partial charge in [-0.25, -0.2) is 17.2 Å². The summed E-state index contributed by atoms with van der Waals surface area (Å²) in [4.78, 5) is 15.1. The van der Waals surface area contributed by atoms with Crippen molar-refractivity contribution >= 4 is 15.9 Å². The van der Waals surface area contributed by atoms with E-state index >= 15 is 0 Å². The van der Waals surface area contributed by atoms with E-state index < -0.39 is 21.7 Å². The van der Waals surface area contributed by atoms with Crippen LogP contribution in [-0.4, -0.2) is 69.5 Å². The van der Waals surface area contributed by atoms with Crippen LogP contribution in [0.15, 0.2) is 53.4 Å². The van der Waals surface area contributed by atoms with E-state index in [2.05, 4.69) is 10.2 Å². The Bertz CT molecular complexity index is 1090. The molecule has 34 heavy (non-hydrogen) atoms. The van der Waals surface area contributed by atoms with Crippen molar-refractivity contribution < 1.29 is 26.7 Å². The Morgan fingerprint density at radius 1 is 1.00 bits per heavy atom. The molecule has 2 fully saturated rings. The first-order chi connectivity index (χ1) is 16.3. The summed E-state index contributed by atoms with van der Waals surface area (Å²) in [6.07, 6.45) is 0.710. The number of amides is 1. The molecule has 2 heterocycles. The Hall–Kier alpha value is -2.40. The SMILES string of the molecule is O=C(N[C@H](CN1CCOCC1)c1ccccc1)C1CCN(S(=O)(=O)c2ccc(F)c(F)c2)CC1. The number of carbonyl (C=O) groups is 1. The van der Waals surface area contributed by atoms with E-state index in [1.165, 1.54) is 4.31 Å². The topological polar surface area (TPSA) is 79.0 Å². The zero-order chi connectivity index (χ0) is 24.1. The Labute approximate surface area is 198 Å². The third-order valence-electron chi connectivity index (χ3n) is 6.42. The van der Waals surface area contributed by atoms with Gasteiger partial charge in [-0.3, -0.25) is 9.69 Å². The zero-order valence-corrected chi connectivity index (χ0v) is 19.6. The lowest BCUT2D eigenvalue weighted by Crippen LogP contribution is -2.46. The van der Waals surface area contributed by atoms with Crippen molar-refractivity contribution in [1.82, 2.24) is 14.5 Å². The van der Waals surface area contributed by atoms with Crippen molar-refractivity contribution in [2.45, 2.75) is 23.8 Å². The van der Waals surface area contributed by atoms with E-state index in [1.807, 2.05) is 30.3 Å². The van der Waals surface area contributed by atoms with Crippen molar-refractivity contribution in [3.05, 3.63) is 65.7 Å². The summed E-state index contributed by atoms with van der Waals surface area (Å²) in [6.45, 7) is 3.89. The van der Waals surface area contributed by atoms with E-state index in [1.54, 1.807) is 0 Å². The highest BCUT2D eigenvalue weighted by atomic mass is 32.2. The third-order valence-corrected chi connectivity index (χ3v) is 8.31. The van der Waals surface area contributed by atoms with Crippen molar-refractivity contribution in [2.24, 2.45) is 5.92 Å². The van der Waals surface area contributed by atoms with Gasteiger partial charge in [-0.2, -0.15) is 4.31 Å². The molecule has 0 spiro atoms. The summed E-state index contributed by atoms with van der Waals surface area (Å²) in [7, 11) is -3.96. The number of benzene rings is 2. The van der Waals surface area contributed by atoms with Gasteiger partial charge in [-0.05, 0) is 36.6 Å². The number of nitrogens with zero attached hydrogens (tertiary/aromatic N) is 2. The van der Waals surface area contributed by atoms with Gasteiger partial charge in [0, 0.05) is 38.6 Å². The van der Waals surface area contributed by atoms with E-state index in [0.29, 0.717) is 38.7 Å². The van der Waals surface area contributed by atoms with E-state index in [0.717, 1.165) is 30.8 Å². The highest BCUT2D eigenvalue weighted by Crippen LogP contribution is 2.26. The van der Waals surface area contributed by atoms with Gasteiger partial charge < -0.3 is 10.1 Å². The molecule has 0 saturated carbocycles. The number of halogens is 2. The molecule has 10 heteroatoms. The van der Waals surface area contributed by atoms with Crippen LogP contribution in [0, 0.1) is 17.6 Å². The van der Waals surface area contributed by atoms with Crippen LogP contribution >= 0.6 is 0 Å². The molecule has 7 nitrogen and oxygen atoms in total. The summed E-state index contributed by atoms with van der Waals surface area (Å²) >= 11 is 0. The lowest BCUT2D eigenvalue weighted by molar-refractivity contribution is -0.127. The number of morpholine rings is 1. The molecular formula is C24H29F2N3O4S. The number of rotatable bonds is 7. The monoisotopic (exact) mass is 493 g/mol. The quantitative estimate of drug-likeness (QED) is 0.642. The first-order valence-corrected chi connectivity index (χ1v) is 12.9. The molecule has 1 N–H and O–H groups in total. The van der Waals surface area contributed by atoms with Crippen molar-refractivity contribution in [3.63, 3.8) is 0 Å². The second-order valence-corrected chi connectivity index (χ2v) is 10.6. The van der Waals surface area contributed by atoms with Gasteiger partial charge >= 0.3 is 0 Å². The molecule has 4 rings (SSSR count). The zero-order valence-electron chi connectivity index (χ0n) is 18.8. The fourth-order valence-electron chi connectivity index (χ4n) is 4.40. The summed E-state index contributed by atoms with van der Waals surface area (Å²) in [5, 5.41) is 3.17. The maximum Gasteiger partial charge on any atom is 0.243 e. The maximum absolute atomic E-state index is 13.6. The highest BCUT2D eigenvalue weighted by Gasteiger charge is 2.33. The molecule has 0 aromatic heterocycles. The second-order valence-electron chi connectivity index (χ2n) is 8.64. The fourth-order valence-corrected chi connectivity index (χ4v) is 5.88. The smallest absolute Gasteiger partial charge is 0.243 e. The van der Waals surface area contributed by atoms with E-state index in [-0.39, 0.29) is 35.9 Å². The van der Waals surface area contributed by atoms with Crippen LogP contribution in [0.2, 0.25) is 0 Å². The minimum Gasteiger partial charge on any atom is -0.379 e. The second kappa shape index (κ2) is 10.9. The van der Waals surface area contributed by atoms with Crippen LogP contribution in [0.1, 0.15) is 24.4 Å². The molecule has 0 unspecified atom stereocenters. The molecule has 1 atom stereocenters. The van der Waals surface area contributed by atoms with Crippen LogP contribution in [-0.2, 0) is 19.6 Å². The third kappa shape index (κ3) is 5.80. The summed E-state index contributed by atoms with van der Waals surface area (Å²) in [6, 6.07) is 12.2. The first kappa shape index (κ1) is 24.7. The van der Waals surface area contributed by atoms with Crippen molar-refractivity contribution in [3.8, 4) is 0 Å². The van der Waals surface area contributed by atoms with Gasteiger partial charge in [0.1, 0.15) is 0 Å². The fraction of sp³-hybridized carbons (Fsp3) is 0.458. The van der Waals surface area contributed by atoms with Gasteiger partial charge in [0.15, 0.2) is 11.6 Å². The minimum absolute atomic E-state index is 0.105. The molecule has 2 aromatic carbocycles. The van der Waals surface area contributed by atoms with Gasteiger partial charge in [0.25, 0.3) is 0 Å². The standard InChI is InChI=1S/C24H29F2N3O4S/c25-21-7-6-20(16-22(21)26)34(31,32)29-10-8-19(9-11-29)24(30)27-23(18-4-2-1-3-5-18)17-28-12-14-33-15-13-28/h1-7,16,19,23H,8-15,17H2,(H,27,30)/t23-/m1/s1.